The minimum atomic E-state index is -1.25. The minimum absolute atomic E-state index is 0.176. The molecule has 3 rings (SSSR count). The van der Waals surface area contributed by atoms with Crippen molar-refractivity contribution in [3.05, 3.63) is 64.2 Å². The van der Waals surface area contributed by atoms with E-state index in [-0.39, 0.29) is 11.1 Å². The lowest BCUT2D eigenvalue weighted by Crippen LogP contribution is -2.32. The van der Waals surface area contributed by atoms with Crippen molar-refractivity contribution in [2.45, 2.75) is 0 Å². The van der Waals surface area contributed by atoms with Crippen LogP contribution < -0.4 is 5.32 Å². The molecule has 0 aliphatic heterocycles. The van der Waals surface area contributed by atoms with E-state index in [1.165, 1.54) is 6.07 Å². The second-order valence-electron chi connectivity index (χ2n) is 5.37. The molecule has 126 valence electrons. The summed E-state index contributed by atoms with van der Waals surface area (Å²) in [6.07, 6.45) is 0. The van der Waals surface area contributed by atoms with Gasteiger partial charge in [0.1, 0.15) is 17.9 Å². The summed E-state index contributed by atoms with van der Waals surface area (Å²) in [7, 11) is 0. The fourth-order valence-corrected chi connectivity index (χ4v) is 2.91. The number of fused-ring (bicyclic) bond motifs is 1. The number of rotatable bonds is 4. The van der Waals surface area contributed by atoms with E-state index in [1.54, 1.807) is 36.4 Å². The number of amides is 1. The molecule has 0 spiro atoms. The molecule has 25 heavy (non-hydrogen) atoms. The van der Waals surface area contributed by atoms with E-state index in [0.717, 1.165) is 0 Å². The van der Waals surface area contributed by atoms with E-state index in [4.69, 9.17) is 16.7 Å². The lowest BCUT2D eigenvalue weighted by molar-refractivity contribution is -0.137. The second kappa shape index (κ2) is 6.41. The number of Topliss-reactive ketones (excluding diaryl/α,β-unsaturated/α-hetero) is 1. The summed E-state index contributed by atoms with van der Waals surface area (Å²) >= 11 is 6.00. The van der Waals surface area contributed by atoms with Gasteiger partial charge in [-0.1, -0.05) is 41.9 Å². The Labute approximate surface area is 147 Å². The maximum Gasteiger partial charge on any atom is 0.322 e. The van der Waals surface area contributed by atoms with Gasteiger partial charge in [-0.2, -0.15) is 0 Å². The normalized spacial score (nSPS) is 12.9. The molecule has 0 fully saturated rings. The largest absolute Gasteiger partial charge is 0.506 e. The van der Waals surface area contributed by atoms with E-state index in [9.17, 15) is 19.5 Å². The fraction of sp³-hybridized carbons (Fsp3) is 0.0556. The highest BCUT2D eigenvalue weighted by Gasteiger charge is 2.36. The van der Waals surface area contributed by atoms with Crippen molar-refractivity contribution >= 4 is 35.0 Å². The summed E-state index contributed by atoms with van der Waals surface area (Å²) in [6, 6.07) is 11.7. The number of aliphatic carboxylic acids is 1. The molecule has 0 bridgehead atoms. The summed E-state index contributed by atoms with van der Waals surface area (Å²) in [5.41, 5.74) is 1.17. The molecule has 2 aromatic carbocycles. The highest BCUT2D eigenvalue weighted by atomic mass is 35.5. The van der Waals surface area contributed by atoms with Crippen molar-refractivity contribution in [3.63, 3.8) is 0 Å². The van der Waals surface area contributed by atoms with Crippen LogP contribution in [0.25, 0.3) is 16.9 Å². The molecule has 0 radical (unpaired) electrons. The number of hydrogen-bond acceptors (Lipinski definition) is 4. The van der Waals surface area contributed by atoms with Crippen LogP contribution in [-0.2, 0) is 9.59 Å². The Bertz CT molecular complexity index is 948. The second-order valence-corrected chi connectivity index (χ2v) is 5.80. The molecule has 7 heteroatoms. The summed E-state index contributed by atoms with van der Waals surface area (Å²) in [5.74, 6) is -3.31. The molecular weight excluding hydrogens is 346 g/mol. The molecule has 0 unspecified atom stereocenters. The predicted octanol–water partition coefficient (Wildman–Crippen LogP) is 2.67. The molecule has 0 saturated carbocycles. The zero-order chi connectivity index (χ0) is 18.1. The number of hydrogen-bond donors (Lipinski definition) is 3. The molecule has 0 aromatic heterocycles. The van der Waals surface area contributed by atoms with Crippen LogP contribution in [0.3, 0.4) is 0 Å². The Morgan fingerprint density at radius 2 is 1.76 bits per heavy atom. The van der Waals surface area contributed by atoms with Crippen LogP contribution in [0.2, 0.25) is 5.02 Å². The zero-order valence-corrected chi connectivity index (χ0v) is 13.5. The van der Waals surface area contributed by atoms with Crippen LogP contribution in [0, 0.1) is 0 Å². The van der Waals surface area contributed by atoms with Crippen LogP contribution in [0.5, 0.6) is 0 Å². The Balaban J connectivity index is 2.10. The topological polar surface area (TPSA) is 104 Å². The van der Waals surface area contributed by atoms with Gasteiger partial charge in [0, 0.05) is 16.1 Å². The average Bonchev–Trinajstić information content (AvgIpc) is 2.84. The molecule has 1 amide bonds. The number of aliphatic hydroxyl groups is 1. The van der Waals surface area contributed by atoms with Crippen LogP contribution >= 0.6 is 11.6 Å². The van der Waals surface area contributed by atoms with Gasteiger partial charge >= 0.3 is 5.97 Å². The van der Waals surface area contributed by atoms with Gasteiger partial charge in [0.15, 0.2) is 0 Å². The quantitative estimate of drug-likeness (QED) is 0.730. The van der Waals surface area contributed by atoms with Gasteiger partial charge in [0.25, 0.3) is 5.91 Å². The average molecular weight is 358 g/mol. The lowest BCUT2D eigenvalue weighted by atomic mass is 9.96. The number of carboxylic acid groups (broad SMARTS) is 1. The summed E-state index contributed by atoms with van der Waals surface area (Å²) in [6.45, 7) is -0.652. The number of carbonyl (C=O) groups is 3. The number of nitrogens with one attached hydrogen (secondary N) is 1. The Morgan fingerprint density at radius 3 is 2.44 bits per heavy atom. The fourth-order valence-electron chi connectivity index (χ4n) is 2.72. The highest BCUT2D eigenvalue weighted by Crippen LogP contribution is 2.38. The smallest absolute Gasteiger partial charge is 0.322 e. The number of carboxylic acids is 1. The standard InChI is InChI=1S/C18H12ClNO5/c19-10-4-1-3-9(7-10)11-5-2-6-12-14(11)17(24)15(16(12)23)18(25)20-8-13(21)22/h1-7,24H,8H2,(H,20,25)(H,21,22). The number of carbonyl (C=O) groups excluding carboxylic acids is 2. The van der Waals surface area contributed by atoms with Crippen molar-refractivity contribution in [1.29, 1.82) is 0 Å². The van der Waals surface area contributed by atoms with Gasteiger partial charge in [0.05, 0.1) is 0 Å². The van der Waals surface area contributed by atoms with Gasteiger partial charge in [-0.3, -0.25) is 14.4 Å². The molecule has 0 saturated heterocycles. The van der Waals surface area contributed by atoms with Crippen molar-refractivity contribution in [2.75, 3.05) is 6.54 Å². The maximum absolute atomic E-state index is 12.5. The summed E-state index contributed by atoms with van der Waals surface area (Å²) < 4.78 is 0. The molecule has 6 nitrogen and oxygen atoms in total. The van der Waals surface area contributed by atoms with Gasteiger partial charge < -0.3 is 15.5 Å². The van der Waals surface area contributed by atoms with E-state index in [1.807, 2.05) is 0 Å². The van der Waals surface area contributed by atoms with Gasteiger partial charge in [0.2, 0.25) is 5.78 Å². The van der Waals surface area contributed by atoms with Crippen LogP contribution in [0.15, 0.2) is 48.0 Å². The lowest BCUT2D eigenvalue weighted by Gasteiger charge is -2.09. The van der Waals surface area contributed by atoms with E-state index in [2.05, 4.69) is 5.32 Å². The maximum atomic E-state index is 12.5. The van der Waals surface area contributed by atoms with Gasteiger partial charge in [-0.05, 0) is 23.3 Å². The number of ketones is 1. The summed E-state index contributed by atoms with van der Waals surface area (Å²) in [4.78, 5) is 35.2. The number of halogens is 1. The molecule has 2 aromatic rings. The van der Waals surface area contributed by atoms with Crippen LogP contribution in [0.1, 0.15) is 15.9 Å². The van der Waals surface area contributed by atoms with Gasteiger partial charge in [-0.25, -0.2) is 0 Å². The third kappa shape index (κ3) is 2.99. The monoisotopic (exact) mass is 357 g/mol. The number of benzene rings is 2. The SMILES string of the molecule is O=C(O)CNC(=O)C1=C(O)c2c(cccc2-c2cccc(Cl)c2)C1=O. The van der Waals surface area contributed by atoms with Crippen LogP contribution in [-0.4, -0.2) is 34.4 Å². The van der Waals surface area contributed by atoms with E-state index >= 15 is 0 Å². The first-order chi connectivity index (χ1) is 11.9. The minimum Gasteiger partial charge on any atom is -0.506 e. The highest BCUT2D eigenvalue weighted by molar-refractivity contribution is 6.35. The Hall–Kier alpha value is -3.12. The molecule has 0 atom stereocenters. The van der Waals surface area contributed by atoms with Crippen molar-refractivity contribution in [3.8, 4) is 11.1 Å². The molecule has 1 aliphatic carbocycles. The first kappa shape index (κ1) is 16.7. The molecule has 1 aliphatic rings. The number of aliphatic hydroxyl groups excluding tert-OH is 1. The summed E-state index contributed by atoms with van der Waals surface area (Å²) in [5, 5.41) is 21.7. The molecular formula is C18H12ClNO5. The molecule has 0 heterocycles. The van der Waals surface area contributed by atoms with E-state index in [0.29, 0.717) is 16.1 Å². The van der Waals surface area contributed by atoms with Crippen molar-refractivity contribution in [2.24, 2.45) is 0 Å². The van der Waals surface area contributed by atoms with E-state index < -0.39 is 35.5 Å². The first-order valence-corrected chi connectivity index (χ1v) is 7.65. The first-order valence-electron chi connectivity index (χ1n) is 7.27. The van der Waals surface area contributed by atoms with Crippen molar-refractivity contribution in [1.82, 2.24) is 5.32 Å². The third-order valence-electron chi connectivity index (χ3n) is 3.77. The zero-order valence-electron chi connectivity index (χ0n) is 12.7. The third-order valence-corrected chi connectivity index (χ3v) is 4.01. The predicted molar refractivity (Wildman–Crippen MR) is 91.4 cm³/mol. The van der Waals surface area contributed by atoms with Crippen LogP contribution in [0.4, 0.5) is 0 Å². The Kier molecular flexibility index (Phi) is 4.29. The van der Waals surface area contributed by atoms with Crippen molar-refractivity contribution < 1.29 is 24.6 Å². The Morgan fingerprint density at radius 1 is 1.08 bits per heavy atom. The van der Waals surface area contributed by atoms with Gasteiger partial charge in [-0.15, -0.1) is 0 Å². The molecule has 3 N–H and O–H groups in total.